The first-order chi connectivity index (χ1) is 8.72. The highest BCUT2D eigenvalue weighted by molar-refractivity contribution is 9.10. The van der Waals surface area contributed by atoms with Crippen molar-refractivity contribution in [3.63, 3.8) is 0 Å². The molecule has 0 saturated carbocycles. The summed E-state index contributed by atoms with van der Waals surface area (Å²) in [6.45, 7) is 2.99. The molecule has 1 aromatic carbocycles. The third-order valence-electron chi connectivity index (χ3n) is 3.49. The number of hydrogen-bond acceptors (Lipinski definition) is 2. The molecule has 96 valence electrons. The summed E-state index contributed by atoms with van der Waals surface area (Å²) in [6, 6.07) is 4.19. The average Bonchev–Trinajstić information content (AvgIpc) is 2.73. The predicted octanol–water partition coefficient (Wildman–Crippen LogP) is 3.75. The lowest BCUT2D eigenvalue weighted by molar-refractivity contribution is 0.0158. The number of imidazole rings is 1. The molecule has 1 unspecified atom stereocenters. The van der Waals surface area contributed by atoms with Crippen molar-refractivity contribution in [1.82, 2.24) is 9.97 Å². The number of aromatic nitrogens is 2. The van der Waals surface area contributed by atoms with Crippen molar-refractivity contribution in [2.45, 2.75) is 38.7 Å². The molecule has 3 nitrogen and oxygen atoms in total. The molecule has 0 amide bonds. The molecule has 0 aliphatic carbocycles. The molecule has 1 fully saturated rings. The van der Waals surface area contributed by atoms with Gasteiger partial charge >= 0.3 is 0 Å². The lowest BCUT2D eigenvalue weighted by Gasteiger charge is -2.21. The molecule has 1 atom stereocenters. The first-order valence-corrected chi connectivity index (χ1v) is 7.28. The largest absolute Gasteiger partial charge is 0.378 e. The van der Waals surface area contributed by atoms with Crippen LogP contribution in [0.2, 0.25) is 0 Å². The summed E-state index contributed by atoms with van der Waals surface area (Å²) < 4.78 is 6.86. The number of aromatic amines is 1. The van der Waals surface area contributed by atoms with Gasteiger partial charge < -0.3 is 9.72 Å². The number of nitrogens with zero attached hydrogens (tertiary/aromatic N) is 1. The molecular formula is C14H17BrN2O. The zero-order chi connectivity index (χ0) is 12.5. The molecule has 1 aromatic heterocycles. The fraction of sp³-hybridized carbons (Fsp3) is 0.500. The summed E-state index contributed by atoms with van der Waals surface area (Å²) in [5.41, 5.74) is 3.38. The molecule has 1 aliphatic rings. The van der Waals surface area contributed by atoms with Gasteiger partial charge in [-0.3, -0.25) is 0 Å². The van der Waals surface area contributed by atoms with Gasteiger partial charge in [0.25, 0.3) is 0 Å². The highest BCUT2D eigenvalue weighted by Gasteiger charge is 2.16. The second kappa shape index (κ2) is 5.02. The number of nitrogens with one attached hydrogen (secondary N) is 1. The third kappa shape index (κ3) is 2.45. The fourth-order valence-corrected chi connectivity index (χ4v) is 3.15. The molecule has 2 heterocycles. The van der Waals surface area contributed by atoms with Gasteiger partial charge in [-0.25, -0.2) is 4.98 Å². The van der Waals surface area contributed by atoms with Crippen LogP contribution in [0.5, 0.6) is 0 Å². The van der Waals surface area contributed by atoms with Gasteiger partial charge in [0, 0.05) is 17.5 Å². The van der Waals surface area contributed by atoms with Crippen LogP contribution in [0.4, 0.5) is 0 Å². The Hall–Kier alpha value is -0.870. The summed E-state index contributed by atoms with van der Waals surface area (Å²) >= 11 is 3.52. The van der Waals surface area contributed by atoms with E-state index in [0.29, 0.717) is 6.10 Å². The molecule has 3 rings (SSSR count). The minimum atomic E-state index is 0.336. The van der Waals surface area contributed by atoms with Crippen LogP contribution in [0.25, 0.3) is 11.0 Å². The quantitative estimate of drug-likeness (QED) is 0.917. The van der Waals surface area contributed by atoms with Gasteiger partial charge in [-0.15, -0.1) is 0 Å². The van der Waals surface area contributed by atoms with E-state index in [1.807, 2.05) is 0 Å². The van der Waals surface area contributed by atoms with E-state index in [-0.39, 0.29) is 0 Å². The molecular weight excluding hydrogens is 292 g/mol. The average molecular weight is 309 g/mol. The lowest BCUT2D eigenvalue weighted by atomic mass is 10.1. The summed E-state index contributed by atoms with van der Waals surface area (Å²) in [5.74, 6) is 1.04. The third-order valence-corrected chi connectivity index (χ3v) is 3.94. The van der Waals surface area contributed by atoms with Crippen molar-refractivity contribution in [2.75, 3.05) is 6.61 Å². The van der Waals surface area contributed by atoms with E-state index in [1.54, 1.807) is 0 Å². The van der Waals surface area contributed by atoms with Gasteiger partial charge in [0.15, 0.2) is 0 Å². The van der Waals surface area contributed by atoms with Gasteiger partial charge in [-0.05, 0) is 43.9 Å². The van der Waals surface area contributed by atoms with Crippen LogP contribution in [0.3, 0.4) is 0 Å². The first-order valence-electron chi connectivity index (χ1n) is 6.49. The maximum atomic E-state index is 5.76. The number of ether oxygens (including phenoxy) is 1. The summed E-state index contributed by atoms with van der Waals surface area (Å²) in [6.07, 6.45) is 4.85. The normalized spacial score (nSPS) is 20.4. The molecule has 0 spiro atoms. The van der Waals surface area contributed by atoms with Crippen LogP contribution in [-0.2, 0) is 11.2 Å². The van der Waals surface area contributed by atoms with Crippen LogP contribution >= 0.6 is 15.9 Å². The highest BCUT2D eigenvalue weighted by atomic mass is 79.9. The summed E-state index contributed by atoms with van der Waals surface area (Å²) in [4.78, 5) is 8.09. The predicted molar refractivity (Wildman–Crippen MR) is 75.8 cm³/mol. The van der Waals surface area contributed by atoms with Crippen molar-refractivity contribution in [1.29, 1.82) is 0 Å². The molecule has 2 aromatic rings. The molecule has 0 radical (unpaired) electrons. The number of rotatable bonds is 2. The topological polar surface area (TPSA) is 37.9 Å². The smallest absolute Gasteiger partial charge is 0.109 e. The van der Waals surface area contributed by atoms with Crippen LogP contribution < -0.4 is 0 Å². The monoisotopic (exact) mass is 308 g/mol. The maximum Gasteiger partial charge on any atom is 0.109 e. The molecule has 1 saturated heterocycles. The first kappa shape index (κ1) is 12.2. The Kier molecular flexibility index (Phi) is 3.39. The van der Waals surface area contributed by atoms with Crippen molar-refractivity contribution >= 4 is 27.0 Å². The number of halogens is 1. The molecule has 4 heteroatoms. The van der Waals surface area contributed by atoms with Crippen molar-refractivity contribution in [2.24, 2.45) is 0 Å². The van der Waals surface area contributed by atoms with Crippen molar-refractivity contribution in [3.05, 3.63) is 28.0 Å². The summed E-state index contributed by atoms with van der Waals surface area (Å²) in [5, 5.41) is 0. The van der Waals surface area contributed by atoms with Crippen LogP contribution in [0.1, 0.15) is 30.7 Å². The fourth-order valence-electron chi connectivity index (χ4n) is 2.58. The Morgan fingerprint density at radius 2 is 2.33 bits per heavy atom. The zero-order valence-corrected chi connectivity index (χ0v) is 12.1. The van der Waals surface area contributed by atoms with E-state index in [9.17, 15) is 0 Å². The Morgan fingerprint density at radius 3 is 3.11 bits per heavy atom. The zero-order valence-electron chi connectivity index (χ0n) is 10.5. The van der Waals surface area contributed by atoms with E-state index in [0.717, 1.165) is 40.8 Å². The molecule has 18 heavy (non-hydrogen) atoms. The van der Waals surface area contributed by atoms with Crippen LogP contribution in [-0.4, -0.2) is 22.7 Å². The van der Waals surface area contributed by atoms with E-state index in [2.05, 4.69) is 40.0 Å². The van der Waals surface area contributed by atoms with E-state index in [4.69, 9.17) is 9.72 Å². The van der Waals surface area contributed by atoms with Gasteiger partial charge in [-0.1, -0.05) is 15.9 Å². The van der Waals surface area contributed by atoms with Crippen LogP contribution in [0, 0.1) is 6.92 Å². The van der Waals surface area contributed by atoms with E-state index < -0.39 is 0 Å². The highest BCUT2D eigenvalue weighted by Crippen LogP contribution is 2.23. The number of hydrogen-bond donors (Lipinski definition) is 1. The second-order valence-electron chi connectivity index (χ2n) is 5.00. The number of fused-ring (bicyclic) bond motifs is 1. The second-order valence-corrected chi connectivity index (χ2v) is 5.91. The molecule has 0 bridgehead atoms. The Bertz CT molecular complexity index is 558. The van der Waals surface area contributed by atoms with Gasteiger partial charge in [0.1, 0.15) is 5.82 Å². The van der Waals surface area contributed by atoms with Crippen LogP contribution in [0.15, 0.2) is 16.6 Å². The van der Waals surface area contributed by atoms with E-state index in [1.165, 1.54) is 18.4 Å². The van der Waals surface area contributed by atoms with Gasteiger partial charge in [0.2, 0.25) is 0 Å². The number of H-pyrrole nitrogens is 1. The maximum absolute atomic E-state index is 5.76. The standard InChI is InChI=1S/C14H17BrN2O/c1-9-6-10(15)7-12-14(9)17-13(16-12)8-11-4-2-3-5-18-11/h6-7,11H,2-5,8H2,1H3,(H,16,17). The van der Waals surface area contributed by atoms with Gasteiger partial charge in [0.05, 0.1) is 17.1 Å². The SMILES string of the molecule is Cc1cc(Br)cc2[nH]c(CC3CCCCO3)nc12. The minimum Gasteiger partial charge on any atom is -0.378 e. The lowest BCUT2D eigenvalue weighted by Crippen LogP contribution is -2.21. The van der Waals surface area contributed by atoms with Gasteiger partial charge in [-0.2, -0.15) is 0 Å². The molecule has 1 N–H and O–H groups in total. The number of aryl methyl sites for hydroxylation is 1. The molecule has 1 aliphatic heterocycles. The number of benzene rings is 1. The minimum absolute atomic E-state index is 0.336. The Morgan fingerprint density at radius 1 is 1.44 bits per heavy atom. The van der Waals surface area contributed by atoms with E-state index >= 15 is 0 Å². The van der Waals surface area contributed by atoms with Crippen molar-refractivity contribution < 1.29 is 4.74 Å². The summed E-state index contributed by atoms with van der Waals surface area (Å²) in [7, 11) is 0. The Labute approximate surface area is 115 Å². The Balaban J connectivity index is 1.86. The van der Waals surface area contributed by atoms with Crippen molar-refractivity contribution in [3.8, 4) is 0 Å².